The third kappa shape index (κ3) is 3.33. The van der Waals surface area contributed by atoms with E-state index in [9.17, 15) is 14.9 Å². The van der Waals surface area contributed by atoms with Crippen LogP contribution in [0.1, 0.15) is 0 Å². The minimum Gasteiger partial charge on any atom is -0.371 e. The van der Waals surface area contributed by atoms with E-state index in [1.165, 1.54) is 13.1 Å². The summed E-state index contributed by atoms with van der Waals surface area (Å²) in [4.78, 5) is 21.3. The van der Waals surface area contributed by atoms with E-state index in [0.29, 0.717) is 5.69 Å². The summed E-state index contributed by atoms with van der Waals surface area (Å²) in [5.74, 6) is -0.229. The summed E-state index contributed by atoms with van der Waals surface area (Å²) in [5, 5.41) is 15.9. The predicted octanol–water partition coefficient (Wildman–Crippen LogP) is 1.36. The quantitative estimate of drug-likeness (QED) is 0.494. The van der Waals surface area contributed by atoms with Gasteiger partial charge in [0.05, 0.1) is 11.5 Å². The molecule has 0 unspecified atom stereocenters. The number of nitrogens with zero attached hydrogens (tertiary/aromatic N) is 1. The zero-order valence-electron chi connectivity index (χ0n) is 8.49. The summed E-state index contributed by atoms with van der Waals surface area (Å²) in [7, 11) is 1.51. The van der Waals surface area contributed by atoms with Crippen molar-refractivity contribution in [3.05, 3.63) is 31.9 Å². The van der Waals surface area contributed by atoms with Crippen LogP contribution in [-0.2, 0) is 4.79 Å². The molecule has 0 atom stereocenters. The first-order valence-corrected chi connectivity index (χ1v) is 5.51. The first-order chi connectivity index (χ1) is 7.54. The van der Waals surface area contributed by atoms with E-state index in [-0.39, 0.29) is 18.1 Å². The van der Waals surface area contributed by atoms with Gasteiger partial charge in [-0.3, -0.25) is 14.9 Å². The number of halogens is 1. The lowest BCUT2D eigenvalue weighted by Gasteiger charge is -2.06. The van der Waals surface area contributed by atoms with Crippen LogP contribution < -0.4 is 10.6 Å². The molecule has 6 nitrogen and oxygen atoms in total. The van der Waals surface area contributed by atoms with E-state index in [0.717, 1.165) is 3.57 Å². The maximum absolute atomic E-state index is 11.0. The number of carbonyl (C=O) groups excluding carboxylic acids is 1. The summed E-state index contributed by atoms with van der Waals surface area (Å²) >= 11 is 1.99. The number of benzene rings is 1. The molecule has 16 heavy (non-hydrogen) atoms. The van der Waals surface area contributed by atoms with Crippen molar-refractivity contribution in [1.82, 2.24) is 5.32 Å². The fraction of sp³-hybridized carbons (Fsp3) is 0.222. The van der Waals surface area contributed by atoms with Crippen LogP contribution in [0.15, 0.2) is 18.2 Å². The van der Waals surface area contributed by atoms with Crippen molar-refractivity contribution in [3.63, 3.8) is 0 Å². The molecule has 0 spiro atoms. The van der Waals surface area contributed by atoms with Gasteiger partial charge in [-0.05, 0) is 34.7 Å². The zero-order chi connectivity index (χ0) is 12.1. The first kappa shape index (κ1) is 12.7. The number of nitro benzene ring substituents is 1. The summed E-state index contributed by atoms with van der Waals surface area (Å²) < 4.78 is 0.773. The van der Waals surface area contributed by atoms with Gasteiger partial charge in [0.15, 0.2) is 0 Å². The highest BCUT2D eigenvalue weighted by Gasteiger charge is 2.14. The van der Waals surface area contributed by atoms with Gasteiger partial charge in [-0.25, -0.2) is 0 Å². The summed E-state index contributed by atoms with van der Waals surface area (Å²) in [6.07, 6.45) is 0. The number of hydrogen-bond acceptors (Lipinski definition) is 4. The average molecular weight is 335 g/mol. The number of hydrogen-bond donors (Lipinski definition) is 2. The van der Waals surface area contributed by atoms with Crippen LogP contribution in [-0.4, -0.2) is 24.4 Å². The molecule has 1 aromatic carbocycles. The van der Waals surface area contributed by atoms with E-state index in [1.54, 1.807) is 12.1 Å². The van der Waals surface area contributed by atoms with Gasteiger partial charge in [-0.15, -0.1) is 0 Å². The molecule has 1 aromatic rings. The lowest BCUT2D eigenvalue weighted by Crippen LogP contribution is -2.26. The molecule has 0 aromatic heterocycles. The van der Waals surface area contributed by atoms with Crippen molar-refractivity contribution in [2.75, 3.05) is 18.9 Å². The normalized spacial score (nSPS) is 9.62. The maximum Gasteiger partial charge on any atom is 0.293 e. The number of nitro groups is 1. The molecule has 0 aliphatic heterocycles. The van der Waals surface area contributed by atoms with Crippen LogP contribution in [0.2, 0.25) is 0 Å². The topological polar surface area (TPSA) is 84.3 Å². The molecule has 0 aliphatic carbocycles. The van der Waals surface area contributed by atoms with Gasteiger partial charge in [0.2, 0.25) is 5.91 Å². The van der Waals surface area contributed by atoms with Crippen molar-refractivity contribution in [2.24, 2.45) is 0 Å². The van der Waals surface area contributed by atoms with Crippen molar-refractivity contribution >= 4 is 39.9 Å². The van der Waals surface area contributed by atoms with E-state index in [4.69, 9.17) is 0 Å². The Morgan fingerprint density at radius 3 is 2.81 bits per heavy atom. The van der Waals surface area contributed by atoms with Crippen molar-refractivity contribution in [3.8, 4) is 0 Å². The van der Waals surface area contributed by atoms with Crippen LogP contribution in [0.3, 0.4) is 0 Å². The Labute approximate surface area is 106 Å². The molecular formula is C9H10IN3O3. The molecule has 2 N–H and O–H groups in total. The molecule has 0 aliphatic rings. The molecule has 0 saturated carbocycles. The highest BCUT2D eigenvalue weighted by molar-refractivity contribution is 14.1. The fourth-order valence-electron chi connectivity index (χ4n) is 1.07. The van der Waals surface area contributed by atoms with Crippen molar-refractivity contribution in [2.45, 2.75) is 0 Å². The molecule has 7 heteroatoms. The summed E-state index contributed by atoms with van der Waals surface area (Å²) in [5.41, 5.74) is 0.310. The Morgan fingerprint density at radius 2 is 2.25 bits per heavy atom. The molecule has 0 radical (unpaired) electrons. The number of carbonyl (C=O) groups is 1. The Bertz CT molecular complexity index is 422. The number of amides is 1. The largest absolute Gasteiger partial charge is 0.371 e. The van der Waals surface area contributed by atoms with E-state index in [2.05, 4.69) is 10.6 Å². The maximum atomic E-state index is 11.0. The second-order valence-corrected chi connectivity index (χ2v) is 4.19. The molecule has 0 fully saturated rings. The summed E-state index contributed by atoms with van der Waals surface area (Å²) in [6.45, 7) is 0.0118. The molecule has 0 bridgehead atoms. The number of anilines is 1. The second kappa shape index (κ2) is 5.64. The van der Waals surface area contributed by atoms with Gasteiger partial charge in [-0.2, -0.15) is 0 Å². The Kier molecular flexibility index (Phi) is 4.47. The van der Waals surface area contributed by atoms with Gasteiger partial charge >= 0.3 is 0 Å². The minimum absolute atomic E-state index is 0.0118. The lowest BCUT2D eigenvalue weighted by molar-refractivity contribution is -0.384. The zero-order valence-corrected chi connectivity index (χ0v) is 10.6. The highest BCUT2D eigenvalue weighted by atomic mass is 127. The van der Waals surface area contributed by atoms with E-state index in [1.807, 2.05) is 22.6 Å². The molecule has 1 amide bonds. The molecule has 1 rings (SSSR count). The highest BCUT2D eigenvalue weighted by Crippen LogP contribution is 2.25. The van der Waals surface area contributed by atoms with Crippen molar-refractivity contribution in [1.29, 1.82) is 0 Å². The average Bonchev–Trinajstić information content (AvgIpc) is 2.26. The Morgan fingerprint density at radius 1 is 1.56 bits per heavy atom. The van der Waals surface area contributed by atoms with Crippen LogP contribution in [0.4, 0.5) is 11.4 Å². The van der Waals surface area contributed by atoms with Gasteiger partial charge in [-0.1, -0.05) is 0 Å². The van der Waals surface area contributed by atoms with Crippen LogP contribution in [0.25, 0.3) is 0 Å². The van der Waals surface area contributed by atoms with Crippen LogP contribution >= 0.6 is 22.6 Å². The summed E-state index contributed by atoms with van der Waals surface area (Å²) in [6, 6.07) is 4.77. The third-order valence-electron chi connectivity index (χ3n) is 1.87. The predicted molar refractivity (Wildman–Crippen MR) is 68.4 cm³/mol. The second-order valence-electron chi connectivity index (χ2n) is 2.95. The molecule has 0 heterocycles. The van der Waals surface area contributed by atoms with E-state index >= 15 is 0 Å². The number of likely N-dealkylation sites (N-methyl/N-ethyl adjacent to an activating group) is 1. The molecule has 86 valence electrons. The van der Waals surface area contributed by atoms with Crippen molar-refractivity contribution < 1.29 is 9.72 Å². The third-order valence-corrected chi connectivity index (χ3v) is 2.55. The van der Waals surface area contributed by atoms with Gasteiger partial charge in [0.25, 0.3) is 5.69 Å². The SMILES string of the molecule is CNC(=O)CNc1ccc(I)cc1[N+](=O)[O-]. The monoisotopic (exact) mass is 335 g/mol. The van der Waals surface area contributed by atoms with Gasteiger partial charge in [0.1, 0.15) is 5.69 Å². The minimum atomic E-state index is -0.478. The number of rotatable bonds is 4. The standard InChI is InChI=1S/C9H10IN3O3/c1-11-9(14)5-12-7-3-2-6(10)4-8(7)13(15)16/h2-4,12H,5H2,1H3,(H,11,14). The van der Waals surface area contributed by atoms with Gasteiger partial charge < -0.3 is 10.6 Å². The Balaban J connectivity index is 2.87. The Hall–Kier alpha value is -1.38. The van der Waals surface area contributed by atoms with Gasteiger partial charge in [0, 0.05) is 16.7 Å². The molecular weight excluding hydrogens is 325 g/mol. The fourth-order valence-corrected chi connectivity index (χ4v) is 1.54. The smallest absolute Gasteiger partial charge is 0.293 e. The first-order valence-electron chi connectivity index (χ1n) is 4.43. The van der Waals surface area contributed by atoms with Crippen LogP contribution in [0.5, 0.6) is 0 Å². The van der Waals surface area contributed by atoms with E-state index < -0.39 is 4.92 Å². The lowest BCUT2D eigenvalue weighted by atomic mass is 10.2. The van der Waals surface area contributed by atoms with Crippen LogP contribution in [0, 0.1) is 13.7 Å². The molecule has 0 saturated heterocycles. The number of nitrogens with one attached hydrogen (secondary N) is 2.